The van der Waals surface area contributed by atoms with Gasteiger partial charge in [0, 0.05) is 19.6 Å². The maximum absolute atomic E-state index is 12.0. The molecule has 1 unspecified atom stereocenters. The minimum Gasteiger partial charge on any atom is -0.481 e. The van der Waals surface area contributed by atoms with E-state index in [-0.39, 0.29) is 6.03 Å². The molecule has 6 heteroatoms. The van der Waals surface area contributed by atoms with Crippen molar-refractivity contribution in [2.45, 2.75) is 33.1 Å². The molecule has 20 heavy (non-hydrogen) atoms. The van der Waals surface area contributed by atoms with Crippen molar-refractivity contribution >= 4 is 12.0 Å². The van der Waals surface area contributed by atoms with E-state index in [2.05, 4.69) is 24.1 Å². The van der Waals surface area contributed by atoms with E-state index < -0.39 is 11.9 Å². The summed E-state index contributed by atoms with van der Waals surface area (Å²) in [5.41, 5.74) is 0. The molecule has 1 rings (SSSR count). The van der Waals surface area contributed by atoms with Crippen LogP contribution in [0.4, 0.5) is 4.79 Å². The molecule has 1 heterocycles. The lowest BCUT2D eigenvalue weighted by Crippen LogP contribution is -2.47. The molecule has 0 aromatic rings. The molecule has 0 saturated carbocycles. The van der Waals surface area contributed by atoms with Crippen molar-refractivity contribution < 1.29 is 14.7 Å². The van der Waals surface area contributed by atoms with Crippen molar-refractivity contribution in [1.29, 1.82) is 0 Å². The van der Waals surface area contributed by atoms with E-state index in [0.29, 0.717) is 26.1 Å². The normalized spacial score (nSPS) is 19.1. The number of carboxylic acid groups (broad SMARTS) is 1. The molecule has 0 aliphatic carbocycles. The Bertz CT molecular complexity index is 319. The first-order valence-electron chi connectivity index (χ1n) is 7.56. The highest BCUT2D eigenvalue weighted by Crippen LogP contribution is 2.16. The van der Waals surface area contributed by atoms with E-state index in [1.807, 2.05) is 0 Å². The van der Waals surface area contributed by atoms with Gasteiger partial charge in [-0.1, -0.05) is 13.8 Å². The van der Waals surface area contributed by atoms with Gasteiger partial charge >= 0.3 is 12.0 Å². The maximum atomic E-state index is 12.0. The Morgan fingerprint density at radius 1 is 1.35 bits per heavy atom. The number of carboxylic acids is 1. The van der Waals surface area contributed by atoms with Gasteiger partial charge in [0.15, 0.2) is 0 Å². The third-order valence-corrected chi connectivity index (χ3v) is 3.88. The van der Waals surface area contributed by atoms with Gasteiger partial charge in [-0.15, -0.1) is 0 Å². The first-order chi connectivity index (χ1) is 9.58. The topological polar surface area (TPSA) is 72.9 Å². The molecule has 2 N–H and O–H groups in total. The molecule has 1 aliphatic heterocycles. The highest BCUT2D eigenvalue weighted by atomic mass is 16.4. The van der Waals surface area contributed by atoms with Crippen molar-refractivity contribution in [3.63, 3.8) is 0 Å². The third kappa shape index (κ3) is 5.36. The molecule has 1 atom stereocenters. The summed E-state index contributed by atoms with van der Waals surface area (Å²) < 4.78 is 0. The van der Waals surface area contributed by atoms with E-state index in [4.69, 9.17) is 5.11 Å². The summed E-state index contributed by atoms with van der Waals surface area (Å²) in [6.07, 6.45) is 2.36. The van der Waals surface area contributed by atoms with E-state index in [1.165, 1.54) is 0 Å². The van der Waals surface area contributed by atoms with Crippen LogP contribution in [0.5, 0.6) is 0 Å². The first-order valence-corrected chi connectivity index (χ1v) is 7.56. The van der Waals surface area contributed by atoms with Crippen LogP contribution in [0.3, 0.4) is 0 Å². The lowest BCUT2D eigenvalue weighted by Gasteiger charge is -2.30. The Morgan fingerprint density at radius 2 is 2.05 bits per heavy atom. The van der Waals surface area contributed by atoms with Gasteiger partial charge in [0.2, 0.25) is 0 Å². The van der Waals surface area contributed by atoms with Gasteiger partial charge in [0.1, 0.15) is 0 Å². The second kappa shape index (κ2) is 8.79. The lowest BCUT2D eigenvalue weighted by molar-refractivity contribution is -0.143. The van der Waals surface area contributed by atoms with Gasteiger partial charge < -0.3 is 20.2 Å². The predicted molar refractivity (Wildman–Crippen MR) is 77.7 cm³/mol. The van der Waals surface area contributed by atoms with Crippen LogP contribution < -0.4 is 5.32 Å². The minimum atomic E-state index is -0.802. The summed E-state index contributed by atoms with van der Waals surface area (Å²) in [6, 6.07) is -0.129. The Kier molecular flexibility index (Phi) is 7.36. The number of piperidine rings is 1. The molecule has 0 aromatic carbocycles. The second-order valence-corrected chi connectivity index (χ2v) is 5.24. The fourth-order valence-corrected chi connectivity index (χ4v) is 2.51. The lowest BCUT2D eigenvalue weighted by atomic mass is 9.99. The molecule has 1 saturated heterocycles. The summed E-state index contributed by atoms with van der Waals surface area (Å²) in [7, 11) is 0. The third-order valence-electron chi connectivity index (χ3n) is 3.88. The molecular weight excluding hydrogens is 258 g/mol. The molecule has 2 amide bonds. The average Bonchev–Trinajstić information content (AvgIpc) is 2.47. The van der Waals surface area contributed by atoms with Gasteiger partial charge in [-0.2, -0.15) is 0 Å². The SMILES string of the molecule is CCN(CC)CCCNC(=O)N1CCCC(C(=O)O)C1. The van der Waals surface area contributed by atoms with Crippen LogP contribution in [0.2, 0.25) is 0 Å². The first kappa shape index (κ1) is 16.8. The van der Waals surface area contributed by atoms with Crippen LogP contribution in [0, 0.1) is 5.92 Å². The Labute approximate surface area is 121 Å². The summed E-state index contributed by atoms with van der Waals surface area (Å²) in [5, 5.41) is 11.9. The number of carbonyl (C=O) groups is 2. The van der Waals surface area contributed by atoms with Crippen LogP contribution in [-0.2, 0) is 4.79 Å². The number of urea groups is 1. The number of rotatable bonds is 7. The molecule has 0 bridgehead atoms. The zero-order valence-corrected chi connectivity index (χ0v) is 12.6. The van der Waals surface area contributed by atoms with Crippen LogP contribution >= 0.6 is 0 Å². The second-order valence-electron chi connectivity index (χ2n) is 5.24. The summed E-state index contributed by atoms with van der Waals surface area (Å²) >= 11 is 0. The Balaban J connectivity index is 2.23. The van der Waals surface area contributed by atoms with E-state index in [1.54, 1.807) is 4.90 Å². The van der Waals surface area contributed by atoms with E-state index in [0.717, 1.165) is 32.5 Å². The fraction of sp³-hybridized carbons (Fsp3) is 0.857. The van der Waals surface area contributed by atoms with Crippen LogP contribution in [-0.4, -0.2) is 66.2 Å². The molecule has 0 aromatic heterocycles. The van der Waals surface area contributed by atoms with Gasteiger partial charge in [0.25, 0.3) is 0 Å². The standard InChI is InChI=1S/C14H27N3O3/c1-3-16(4-2)9-6-8-15-14(20)17-10-5-7-12(11-17)13(18)19/h12H,3-11H2,1-2H3,(H,15,20)(H,18,19). The van der Waals surface area contributed by atoms with E-state index >= 15 is 0 Å². The predicted octanol–water partition coefficient (Wildman–Crippen LogP) is 1.22. The minimum absolute atomic E-state index is 0.129. The maximum Gasteiger partial charge on any atom is 0.317 e. The van der Waals surface area contributed by atoms with Gasteiger partial charge in [-0.25, -0.2) is 4.79 Å². The molecule has 1 fully saturated rings. The number of nitrogens with zero attached hydrogens (tertiary/aromatic N) is 2. The van der Waals surface area contributed by atoms with Gasteiger partial charge in [-0.05, 0) is 38.9 Å². The highest BCUT2D eigenvalue weighted by molar-refractivity contribution is 5.76. The summed E-state index contributed by atoms with van der Waals surface area (Å²) in [4.78, 5) is 26.9. The number of amides is 2. The molecule has 0 spiro atoms. The monoisotopic (exact) mass is 285 g/mol. The zero-order chi connectivity index (χ0) is 15.0. The molecular formula is C14H27N3O3. The number of likely N-dealkylation sites (tertiary alicyclic amines) is 1. The molecule has 6 nitrogen and oxygen atoms in total. The van der Waals surface area contributed by atoms with Crippen molar-refractivity contribution in [1.82, 2.24) is 15.1 Å². The summed E-state index contributed by atoms with van der Waals surface area (Å²) in [6.45, 7) is 8.91. The largest absolute Gasteiger partial charge is 0.481 e. The van der Waals surface area contributed by atoms with Crippen LogP contribution in [0.25, 0.3) is 0 Å². The van der Waals surface area contributed by atoms with Gasteiger partial charge in [0.05, 0.1) is 5.92 Å². The van der Waals surface area contributed by atoms with Crippen molar-refractivity contribution in [2.24, 2.45) is 5.92 Å². The quantitative estimate of drug-likeness (QED) is 0.690. The van der Waals surface area contributed by atoms with Crippen LogP contribution in [0.1, 0.15) is 33.1 Å². The van der Waals surface area contributed by atoms with Crippen molar-refractivity contribution in [3.05, 3.63) is 0 Å². The van der Waals surface area contributed by atoms with E-state index in [9.17, 15) is 9.59 Å². The fourth-order valence-electron chi connectivity index (χ4n) is 2.51. The molecule has 116 valence electrons. The number of carbonyl (C=O) groups excluding carboxylic acids is 1. The number of nitrogens with one attached hydrogen (secondary N) is 1. The Morgan fingerprint density at radius 3 is 2.65 bits per heavy atom. The summed E-state index contributed by atoms with van der Waals surface area (Å²) in [5.74, 6) is -1.21. The smallest absolute Gasteiger partial charge is 0.317 e. The molecule has 1 aliphatic rings. The van der Waals surface area contributed by atoms with Crippen molar-refractivity contribution in [3.8, 4) is 0 Å². The molecule has 0 radical (unpaired) electrons. The number of hydrogen-bond donors (Lipinski definition) is 2. The van der Waals surface area contributed by atoms with Crippen LogP contribution in [0.15, 0.2) is 0 Å². The average molecular weight is 285 g/mol. The Hall–Kier alpha value is -1.30. The zero-order valence-electron chi connectivity index (χ0n) is 12.6. The van der Waals surface area contributed by atoms with Gasteiger partial charge in [-0.3, -0.25) is 4.79 Å². The number of hydrogen-bond acceptors (Lipinski definition) is 3. The van der Waals surface area contributed by atoms with Crippen molar-refractivity contribution in [2.75, 3.05) is 39.3 Å². The number of aliphatic carboxylic acids is 1. The highest BCUT2D eigenvalue weighted by Gasteiger charge is 2.27.